The minimum absolute atomic E-state index is 0.106. The van der Waals surface area contributed by atoms with Crippen LogP contribution in [0.2, 0.25) is 0 Å². The molecule has 1 N–H and O–H groups in total. The summed E-state index contributed by atoms with van der Waals surface area (Å²) >= 11 is 1.49. The van der Waals surface area contributed by atoms with Crippen molar-refractivity contribution in [3.8, 4) is 0 Å². The Morgan fingerprint density at radius 3 is 2.95 bits per heavy atom. The van der Waals surface area contributed by atoms with Crippen molar-refractivity contribution < 1.29 is 9.90 Å². The highest BCUT2D eigenvalue weighted by molar-refractivity contribution is 7.12. The molecule has 0 saturated carbocycles. The highest BCUT2D eigenvalue weighted by Gasteiger charge is 2.36. The number of likely N-dealkylation sites (tertiary alicyclic amines) is 1. The first-order valence-corrected chi connectivity index (χ1v) is 8.01. The largest absolute Gasteiger partial charge is 0.396 e. The zero-order chi connectivity index (χ0) is 14.6. The maximum absolute atomic E-state index is 12.4. The van der Waals surface area contributed by atoms with Gasteiger partial charge < -0.3 is 10.0 Å². The number of carbonyl (C=O) groups excluding carboxylic acids is 1. The molecule has 4 heteroatoms. The molecule has 0 radical (unpaired) electrons. The van der Waals surface area contributed by atoms with E-state index in [-0.39, 0.29) is 17.9 Å². The summed E-state index contributed by atoms with van der Waals surface area (Å²) in [5.41, 5.74) is 1.10. The number of hydrogen-bond acceptors (Lipinski definition) is 3. The molecule has 0 aromatic carbocycles. The van der Waals surface area contributed by atoms with Gasteiger partial charge in [0, 0.05) is 18.5 Å². The van der Waals surface area contributed by atoms with E-state index in [0.717, 1.165) is 30.7 Å². The van der Waals surface area contributed by atoms with Gasteiger partial charge in [-0.1, -0.05) is 17.7 Å². The molecule has 1 saturated heterocycles. The summed E-state index contributed by atoms with van der Waals surface area (Å²) in [4.78, 5) is 15.1. The molecule has 1 atom stereocenters. The molecule has 110 valence electrons. The molecule has 0 aliphatic carbocycles. The molecule has 0 spiro atoms. The predicted octanol–water partition coefficient (Wildman–Crippen LogP) is 3.32. The Morgan fingerprint density at radius 2 is 2.35 bits per heavy atom. The van der Waals surface area contributed by atoms with E-state index >= 15 is 0 Å². The van der Waals surface area contributed by atoms with Gasteiger partial charge in [0.1, 0.15) is 0 Å². The van der Waals surface area contributed by atoms with E-state index in [4.69, 9.17) is 0 Å². The van der Waals surface area contributed by atoms with Crippen molar-refractivity contribution in [3.63, 3.8) is 0 Å². The molecule has 20 heavy (non-hydrogen) atoms. The van der Waals surface area contributed by atoms with Crippen LogP contribution in [0.4, 0.5) is 0 Å². The lowest BCUT2D eigenvalue weighted by Crippen LogP contribution is -2.47. The van der Waals surface area contributed by atoms with Gasteiger partial charge in [0.25, 0.3) is 5.91 Å². The van der Waals surface area contributed by atoms with Gasteiger partial charge in [-0.05, 0) is 44.6 Å². The van der Waals surface area contributed by atoms with Gasteiger partial charge in [0.05, 0.1) is 11.5 Å². The molecule has 1 aliphatic rings. The summed E-state index contributed by atoms with van der Waals surface area (Å²) in [6, 6.07) is 3.78. The third-order valence-corrected chi connectivity index (χ3v) is 4.82. The molecule has 2 heterocycles. The number of thiophene rings is 1. The summed E-state index contributed by atoms with van der Waals surface area (Å²) in [6.45, 7) is 5.74. The summed E-state index contributed by atoms with van der Waals surface area (Å²) < 4.78 is 0. The maximum Gasteiger partial charge on any atom is 0.263 e. The van der Waals surface area contributed by atoms with Crippen molar-refractivity contribution in [3.05, 3.63) is 34.0 Å². The number of allylic oxidation sites excluding steroid dienone is 2. The van der Waals surface area contributed by atoms with E-state index in [2.05, 4.69) is 19.9 Å². The Hall–Kier alpha value is -1.13. The second kappa shape index (κ2) is 6.55. The molecule has 1 aliphatic heterocycles. The quantitative estimate of drug-likeness (QED) is 0.865. The first-order valence-electron chi connectivity index (χ1n) is 7.13. The fourth-order valence-electron chi connectivity index (χ4n) is 2.72. The second-order valence-electron chi connectivity index (χ2n) is 5.95. The van der Waals surface area contributed by atoms with Crippen LogP contribution < -0.4 is 0 Å². The average Bonchev–Trinajstić information content (AvgIpc) is 2.99. The lowest BCUT2D eigenvalue weighted by atomic mass is 9.77. The van der Waals surface area contributed by atoms with Gasteiger partial charge in [0.2, 0.25) is 0 Å². The van der Waals surface area contributed by atoms with Crippen LogP contribution in [0.5, 0.6) is 0 Å². The second-order valence-corrected chi connectivity index (χ2v) is 6.90. The van der Waals surface area contributed by atoms with Crippen molar-refractivity contribution in [1.29, 1.82) is 0 Å². The molecule has 2 rings (SSSR count). The zero-order valence-electron chi connectivity index (χ0n) is 12.3. The number of aliphatic hydroxyl groups is 1. The van der Waals surface area contributed by atoms with E-state index in [1.807, 2.05) is 22.4 Å². The van der Waals surface area contributed by atoms with Crippen molar-refractivity contribution in [2.24, 2.45) is 5.41 Å². The van der Waals surface area contributed by atoms with Crippen LogP contribution in [0.1, 0.15) is 42.8 Å². The third kappa shape index (κ3) is 3.49. The van der Waals surface area contributed by atoms with Crippen LogP contribution >= 0.6 is 11.3 Å². The van der Waals surface area contributed by atoms with Crippen molar-refractivity contribution >= 4 is 17.2 Å². The van der Waals surface area contributed by atoms with Crippen molar-refractivity contribution in [2.75, 3.05) is 19.7 Å². The van der Waals surface area contributed by atoms with Gasteiger partial charge in [0.15, 0.2) is 0 Å². The molecule has 3 nitrogen and oxygen atoms in total. The Labute approximate surface area is 124 Å². The van der Waals surface area contributed by atoms with Crippen LogP contribution in [0, 0.1) is 5.41 Å². The summed E-state index contributed by atoms with van der Waals surface area (Å²) in [5.74, 6) is 0.106. The Bertz CT molecular complexity index is 477. The van der Waals surface area contributed by atoms with E-state index < -0.39 is 0 Å². The van der Waals surface area contributed by atoms with Crippen LogP contribution in [-0.2, 0) is 0 Å². The van der Waals surface area contributed by atoms with E-state index in [1.54, 1.807) is 0 Å². The summed E-state index contributed by atoms with van der Waals surface area (Å²) in [7, 11) is 0. The highest BCUT2D eigenvalue weighted by Crippen LogP contribution is 2.34. The van der Waals surface area contributed by atoms with Crippen LogP contribution in [-0.4, -0.2) is 35.6 Å². The topological polar surface area (TPSA) is 40.5 Å². The lowest BCUT2D eigenvalue weighted by molar-refractivity contribution is 0.0287. The molecule has 1 aromatic rings. The van der Waals surface area contributed by atoms with Gasteiger partial charge in [-0.2, -0.15) is 0 Å². The smallest absolute Gasteiger partial charge is 0.263 e. The number of nitrogens with zero attached hydrogens (tertiary/aromatic N) is 1. The van der Waals surface area contributed by atoms with Crippen LogP contribution in [0.15, 0.2) is 29.2 Å². The number of piperidine rings is 1. The summed E-state index contributed by atoms with van der Waals surface area (Å²) in [6.07, 6.45) is 4.98. The molecule has 0 bridgehead atoms. The molecule has 1 amide bonds. The van der Waals surface area contributed by atoms with Gasteiger partial charge in [-0.3, -0.25) is 4.79 Å². The van der Waals surface area contributed by atoms with E-state index in [9.17, 15) is 9.90 Å². The number of hydrogen-bond donors (Lipinski definition) is 1. The first-order chi connectivity index (χ1) is 9.56. The number of rotatable bonds is 4. The van der Waals surface area contributed by atoms with E-state index in [0.29, 0.717) is 6.54 Å². The number of amides is 1. The molecular weight excluding hydrogens is 270 g/mol. The van der Waals surface area contributed by atoms with Crippen LogP contribution in [0.25, 0.3) is 0 Å². The van der Waals surface area contributed by atoms with Crippen molar-refractivity contribution in [2.45, 2.75) is 33.1 Å². The first kappa shape index (κ1) is 15.3. The normalized spacial score (nSPS) is 22.6. The zero-order valence-corrected chi connectivity index (χ0v) is 13.1. The Morgan fingerprint density at radius 1 is 1.55 bits per heavy atom. The molecule has 1 fully saturated rings. The molecular formula is C16H23NO2S. The predicted molar refractivity (Wildman–Crippen MR) is 83.0 cm³/mol. The average molecular weight is 293 g/mol. The molecule has 0 unspecified atom stereocenters. The molecule has 1 aromatic heterocycles. The number of carbonyl (C=O) groups is 1. The minimum atomic E-state index is -0.164. The van der Waals surface area contributed by atoms with Gasteiger partial charge >= 0.3 is 0 Å². The fourth-order valence-corrected chi connectivity index (χ4v) is 3.41. The van der Waals surface area contributed by atoms with E-state index in [1.165, 1.54) is 16.9 Å². The highest BCUT2D eigenvalue weighted by atomic mass is 32.1. The van der Waals surface area contributed by atoms with Crippen molar-refractivity contribution in [1.82, 2.24) is 4.90 Å². The Kier molecular flexibility index (Phi) is 5.00. The van der Waals surface area contributed by atoms with Gasteiger partial charge in [-0.15, -0.1) is 11.3 Å². The van der Waals surface area contributed by atoms with Gasteiger partial charge in [-0.25, -0.2) is 0 Å². The Balaban J connectivity index is 2.10. The maximum atomic E-state index is 12.4. The lowest BCUT2D eigenvalue weighted by Gasteiger charge is -2.41. The summed E-state index contributed by atoms with van der Waals surface area (Å²) in [5, 5.41) is 11.8. The fraction of sp³-hybridized carbons (Fsp3) is 0.562. The number of aliphatic hydroxyl groups excluding tert-OH is 1. The minimum Gasteiger partial charge on any atom is -0.396 e. The standard InChI is InChI=1S/C16H23NO2S/c1-13(2)6-8-16(12-18)7-4-9-17(11-16)15(19)14-5-3-10-20-14/h3,5-6,10,18H,4,7-9,11-12H2,1-2H3/t16-/m0/s1. The SMILES string of the molecule is CC(C)=CC[C@@]1(CO)CCCN(C(=O)c2cccs2)C1. The van der Waals surface area contributed by atoms with Crippen LogP contribution in [0.3, 0.4) is 0 Å². The third-order valence-electron chi connectivity index (χ3n) is 3.96. The monoisotopic (exact) mass is 293 g/mol.